The molecular formula is C10H20O. The Morgan fingerprint density at radius 3 is 2.45 bits per heavy atom. The van der Waals surface area contributed by atoms with Crippen molar-refractivity contribution in [1.29, 1.82) is 0 Å². The second-order valence-corrected chi connectivity index (χ2v) is 3.61. The maximum atomic E-state index is 5.84. The normalized spacial score (nSPS) is 23.5. The Bertz CT molecular complexity index is 95.0. The summed E-state index contributed by atoms with van der Waals surface area (Å²) < 4.78 is 5.84. The van der Waals surface area contributed by atoms with E-state index in [9.17, 15) is 0 Å². The minimum atomic E-state index is 0.470. The van der Waals surface area contributed by atoms with Crippen LogP contribution >= 0.6 is 0 Å². The molecule has 0 spiro atoms. The van der Waals surface area contributed by atoms with Gasteiger partial charge < -0.3 is 4.74 Å². The molecular weight excluding hydrogens is 136 g/mol. The van der Waals surface area contributed by atoms with Gasteiger partial charge in [-0.2, -0.15) is 0 Å². The van der Waals surface area contributed by atoms with Gasteiger partial charge in [0.2, 0.25) is 0 Å². The fourth-order valence-electron chi connectivity index (χ4n) is 1.63. The molecule has 0 bridgehead atoms. The van der Waals surface area contributed by atoms with E-state index in [2.05, 4.69) is 13.8 Å². The van der Waals surface area contributed by atoms with Crippen LogP contribution in [0.1, 0.15) is 52.4 Å². The van der Waals surface area contributed by atoms with E-state index in [1.807, 2.05) is 0 Å². The van der Waals surface area contributed by atoms with Crippen molar-refractivity contribution in [2.75, 3.05) is 0 Å². The minimum Gasteiger partial charge on any atom is -0.375 e. The fourth-order valence-corrected chi connectivity index (χ4v) is 1.63. The average molecular weight is 156 g/mol. The summed E-state index contributed by atoms with van der Waals surface area (Å²) in [6.07, 6.45) is 8.96. The predicted molar refractivity (Wildman–Crippen MR) is 47.7 cm³/mol. The van der Waals surface area contributed by atoms with Gasteiger partial charge in [0.05, 0.1) is 12.2 Å². The first-order valence-electron chi connectivity index (χ1n) is 4.98. The van der Waals surface area contributed by atoms with Gasteiger partial charge in [-0.05, 0) is 26.2 Å². The van der Waals surface area contributed by atoms with Crippen molar-refractivity contribution in [1.82, 2.24) is 0 Å². The van der Waals surface area contributed by atoms with Crippen molar-refractivity contribution >= 4 is 0 Å². The van der Waals surface area contributed by atoms with Crippen molar-refractivity contribution in [2.45, 2.75) is 64.6 Å². The second kappa shape index (κ2) is 4.76. The quantitative estimate of drug-likeness (QED) is 0.610. The summed E-state index contributed by atoms with van der Waals surface area (Å²) in [5.74, 6) is 0. The number of hydrogen-bond acceptors (Lipinski definition) is 1. The molecule has 1 saturated carbocycles. The first-order valence-corrected chi connectivity index (χ1v) is 4.98. The van der Waals surface area contributed by atoms with E-state index in [1.54, 1.807) is 0 Å². The molecule has 0 aliphatic heterocycles. The SMILES string of the molecule is CCC(C)OC1CCCCC1. The lowest BCUT2D eigenvalue weighted by Gasteiger charge is -2.25. The minimum absolute atomic E-state index is 0.470. The maximum absolute atomic E-state index is 5.84. The average Bonchev–Trinajstić information content (AvgIpc) is 2.06. The van der Waals surface area contributed by atoms with Gasteiger partial charge in [0.1, 0.15) is 0 Å². The molecule has 0 saturated heterocycles. The van der Waals surface area contributed by atoms with Crippen LogP contribution in [0.4, 0.5) is 0 Å². The Morgan fingerprint density at radius 2 is 1.91 bits per heavy atom. The zero-order valence-corrected chi connectivity index (χ0v) is 7.81. The van der Waals surface area contributed by atoms with Crippen molar-refractivity contribution in [3.05, 3.63) is 0 Å². The van der Waals surface area contributed by atoms with Crippen LogP contribution in [0.15, 0.2) is 0 Å². The predicted octanol–water partition coefficient (Wildman–Crippen LogP) is 3.13. The largest absolute Gasteiger partial charge is 0.375 e. The van der Waals surface area contributed by atoms with E-state index < -0.39 is 0 Å². The first-order chi connectivity index (χ1) is 5.33. The van der Waals surface area contributed by atoms with Crippen LogP contribution in [0.5, 0.6) is 0 Å². The van der Waals surface area contributed by atoms with Gasteiger partial charge in [0, 0.05) is 0 Å². The molecule has 1 unspecified atom stereocenters. The Balaban J connectivity index is 2.13. The van der Waals surface area contributed by atoms with Crippen LogP contribution in [-0.2, 0) is 4.74 Å². The van der Waals surface area contributed by atoms with E-state index in [4.69, 9.17) is 4.74 Å². The zero-order valence-electron chi connectivity index (χ0n) is 7.81. The highest BCUT2D eigenvalue weighted by molar-refractivity contribution is 4.66. The highest BCUT2D eigenvalue weighted by Crippen LogP contribution is 2.21. The summed E-state index contributed by atoms with van der Waals surface area (Å²) in [5.41, 5.74) is 0. The van der Waals surface area contributed by atoms with Gasteiger partial charge in [-0.15, -0.1) is 0 Å². The van der Waals surface area contributed by atoms with Crippen molar-refractivity contribution in [3.63, 3.8) is 0 Å². The monoisotopic (exact) mass is 156 g/mol. The molecule has 1 rings (SSSR count). The molecule has 1 atom stereocenters. The molecule has 0 radical (unpaired) electrons. The van der Waals surface area contributed by atoms with E-state index in [-0.39, 0.29) is 0 Å². The van der Waals surface area contributed by atoms with Gasteiger partial charge in [-0.3, -0.25) is 0 Å². The fraction of sp³-hybridized carbons (Fsp3) is 1.00. The van der Waals surface area contributed by atoms with E-state index >= 15 is 0 Å². The van der Waals surface area contributed by atoms with Crippen LogP contribution in [0.3, 0.4) is 0 Å². The maximum Gasteiger partial charge on any atom is 0.0578 e. The molecule has 0 aromatic heterocycles. The third-order valence-electron chi connectivity index (χ3n) is 2.55. The van der Waals surface area contributed by atoms with Gasteiger partial charge in [0.25, 0.3) is 0 Å². The van der Waals surface area contributed by atoms with E-state index in [1.165, 1.54) is 32.1 Å². The van der Waals surface area contributed by atoms with Crippen LogP contribution in [0.2, 0.25) is 0 Å². The van der Waals surface area contributed by atoms with Crippen LogP contribution in [0, 0.1) is 0 Å². The molecule has 0 N–H and O–H groups in total. The Labute approximate surface area is 70.1 Å². The first kappa shape index (κ1) is 9.05. The highest BCUT2D eigenvalue weighted by atomic mass is 16.5. The second-order valence-electron chi connectivity index (χ2n) is 3.61. The van der Waals surface area contributed by atoms with Crippen molar-refractivity contribution < 1.29 is 4.74 Å². The zero-order chi connectivity index (χ0) is 8.10. The topological polar surface area (TPSA) is 9.23 Å². The Kier molecular flexibility index (Phi) is 3.92. The molecule has 1 aliphatic rings. The molecule has 11 heavy (non-hydrogen) atoms. The van der Waals surface area contributed by atoms with E-state index in [0.29, 0.717) is 12.2 Å². The lowest BCUT2D eigenvalue weighted by Crippen LogP contribution is -2.21. The molecule has 1 aliphatic carbocycles. The molecule has 1 fully saturated rings. The summed E-state index contributed by atoms with van der Waals surface area (Å²) in [6, 6.07) is 0. The lowest BCUT2D eigenvalue weighted by atomic mass is 9.97. The summed E-state index contributed by atoms with van der Waals surface area (Å²) in [7, 11) is 0. The van der Waals surface area contributed by atoms with Crippen LogP contribution in [0.25, 0.3) is 0 Å². The van der Waals surface area contributed by atoms with Gasteiger partial charge in [0.15, 0.2) is 0 Å². The van der Waals surface area contributed by atoms with Crippen molar-refractivity contribution in [2.24, 2.45) is 0 Å². The smallest absolute Gasteiger partial charge is 0.0578 e. The summed E-state index contributed by atoms with van der Waals surface area (Å²) in [6.45, 7) is 4.36. The molecule has 1 nitrogen and oxygen atoms in total. The Hall–Kier alpha value is -0.0400. The molecule has 66 valence electrons. The molecule has 0 aromatic carbocycles. The Morgan fingerprint density at radius 1 is 1.27 bits per heavy atom. The lowest BCUT2D eigenvalue weighted by molar-refractivity contribution is -0.0220. The highest BCUT2D eigenvalue weighted by Gasteiger charge is 2.15. The standard InChI is InChI=1S/C10H20O/c1-3-9(2)11-10-7-5-4-6-8-10/h9-10H,3-8H2,1-2H3. The van der Waals surface area contributed by atoms with Crippen LogP contribution < -0.4 is 0 Å². The van der Waals surface area contributed by atoms with Crippen LogP contribution in [-0.4, -0.2) is 12.2 Å². The third-order valence-corrected chi connectivity index (χ3v) is 2.55. The van der Waals surface area contributed by atoms with Gasteiger partial charge >= 0.3 is 0 Å². The number of hydrogen-bond donors (Lipinski definition) is 0. The molecule has 1 heteroatoms. The summed E-state index contributed by atoms with van der Waals surface area (Å²) >= 11 is 0. The number of rotatable bonds is 3. The molecule has 0 heterocycles. The summed E-state index contributed by atoms with van der Waals surface area (Å²) in [4.78, 5) is 0. The van der Waals surface area contributed by atoms with Gasteiger partial charge in [-0.1, -0.05) is 26.2 Å². The third kappa shape index (κ3) is 3.24. The molecule has 0 aromatic rings. The van der Waals surface area contributed by atoms with Gasteiger partial charge in [-0.25, -0.2) is 0 Å². The summed E-state index contributed by atoms with van der Waals surface area (Å²) in [5, 5.41) is 0. The van der Waals surface area contributed by atoms with Crippen molar-refractivity contribution in [3.8, 4) is 0 Å². The molecule has 0 amide bonds. The van der Waals surface area contributed by atoms with E-state index in [0.717, 1.165) is 6.42 Å². The number of ether oxygens (including phenoxy) is 1.